The summed E-state index contributed by atoms with van der Waals surface area (Å²) in [6.07, 6.45) is -8.33. The van der Waals surface area contributed by atoms with Crippen molar-refractivity contribution in [3.05, 3.63) is 45.6 Å². The second-order valence-electron chi connectivity index (χ2n) is 4.59. The summed E-state index contributed by atoms with van der Waals surface area (Å²) in [6, 6.07) is 2.98. The molecule has 128 valence electrons. The van der Waals surface area contributed by atoms with Crippen LogP contribution in [0.15, 0.2) is 30.9 Å². The molecule has 1 aromatic carbocycles. The van der Waals surface area contributed by atoms with Crippen molar-refractivity contribution in [2.45, 2.75) is 18.8 Å². The minimum Gasteiger partial charge on any atom is -0.331 e. The van der Waals surface area contributed by atoms with Crippen LogP contribution in [0.1, 0.15) is 11.1 Å². The quantitative estimate of drug-likeness (QED) is 0.369. The number of halogens is 7. The van der Waals surface area contributed by atoms with Crippen LogP contribution >= 0.6 is 22.6 Å². The Balaban J connectivity index is 2.86. The molecule has 1 amide bonds. The number of benzene rings is 1. The average Bonchev–Trinajstić information content (AvgIpc) is 2.41. The Morgan fingerprint density at radius 2 is 1.83 bits per heavy atom. The third kappa shape index (κ3) is 5.70. The van der Waals surface area contributed by atoms with Crippen LogP contribution in [0.4, 0.5) is 26.3 Å². The smallest absolute Gasteiger partial charge is 0.331 e. The van der Waals surface area contributed by atoms with E-state index < -0.39 is 23.8 Å². The summed E-state index contributed by atoms with van der Waals surface area (Å²) in [5.41, 5.74) is -0.400. The fourth-order valence-electron chi connectivity index (χ4n) is 1.79. The molecular formula is C14H12F6INO. The molecule has 1 aromatic rings. The number of rotatable bonds is 5. The first-order valence-electron chi connectivity index (χ1n) is 6.29. The Kier molecular flexibility index (Phi) is 6.49. The van der Waals surface area contributed by atoms with E-state index in [1.807, 2.05) is 0 Å². The molecule has 0 bridgehead atoms. The monoisotopic (exact) mass is 451 g/mol. The van der Waals surface area contributed by atoms with Gasteiger partial charge in [-0.3, -0.25) is 4.79 Å². The maximum Gasteiger partial charge on any atom is 0.471 e. The molecule has 0 unspecified atom stereocenters. The van der Waals surface area contributed by atoms with E-state index >= 15 is 0 Å². The summed E-state index contributed by atoms with van der Waals surface area (Å²) in [5, 5.41) is 0. The lowest BCUT2D eigenvalue weighted by molar-refractivity contribution is -0.184. The van der Waals surface area contributed by atoms with Crippen LogP contribution in [0, 0.1) is 3.57 Å². The van der Waals surface area contributed by atoms with Gasteiger partial charge in [-0.15, -0.1) is 6.58 Å². The van der Waals surface area contributed by atoms with Gasteiger partial charge >= 0.3 is 18.3 Å². The van der Waals surface area contributed by atoms with Crippen molar-refractivity contribution in [2.24, 2.45) is 0 Å². The second kappa shape index (κ2) is 7.54. The third-order valence-corrected chi connectivity index (χ3v) is 3.91. The fraction of sp³-hybridized carbons (Fsp3) is 0.357. The summed E-state index contributed by atoms with van der Waals surface area (Å²) in [4.78, 5) is 11.8. The molecule has 0 heterocycles. The maximum absolute atomic E-state index is 12.6. The predicted octanol–water partition coefficient (Wildman–Crippen LogP) is 4.43. The van der Waals surface area contributed by atoms with E-state index in [-0.39, 0.29) is 23.1 Å². The summed E-state index contributed by atoms with van der Waals surface area (Å²) in [6.45, 7) is 2.72. The molecule has 0 atom stereocenters. The van der Waals surface area contributed by atoms with Crippen LogP contribution in [0.3, 0.4) is 0 Å². The highest BCUT2D eigenvalue weighted by Gasteiger charge is 2.42. The first kappa shape index (κ1) is 19.8. The van der Waals surface area contributed by atoms with Crippen molar-refractivity contribution in [3.8, 4) is 0 Å². The van der Waals surface area contributed by atoms with Gasteiger partial charge in [0.1, 0.15) is 0 Å². The Morgan fingerprint density at radius 3 is 2.26 bits per heavy atom. The van der Waals surface area contributed by atoms with Crippen molar-refractivity contribution < 1.29 is 31.1 Å². The van der Waals surface area contributed by atoms with Gasteiger partial charge in [-0.05, 0) is 46.7 Å². The van der Waals surface area contributed by atoms with Crippen molar-refractivity contribution in [1.29, 1.82) is 0 Å². The van der Waals surface area contributed by atoms with Gasteiger partial charge in [0.15, 0.2) is 0 Å². The standard InChI is InChI=1S/C14H12F6INO/c1-2-6-22(12(23)14(18,19)20)7-5-9-3-4-10(8-11(9)21)13(15,16)17/h2-4,8H,1,5-7H2. The SMILES string of the molecule is C=CCN(CCc1ccc(C(F)(F)F)cc1I)C(=O)C(F)(F)F. The molecule has 0 fully saturated rings. The normalized spacial score (nSPS) is 12.1. The van der Waals surface area contributed by atoms with E-state index in [9.17, 15) is 31.1 Å². The lowest BCUT2D eigenvalue weighted by Crippen LogP contribution is -2.42. The number of nitrogens with zero attached hydrogens (tertiary/aromatic N) is 1. The number of hydrogen-bond acceptors (Lipinski definition) is 1. The zero-order valence-corrected chi connectivity index (χ0v) is 13.8. The van der Waals surface area contributed by atoms with E-state index in [4.69, 9.17) is 0 Å². The summed E-state index contributed by atoms with van der Waals surface area (Å²) in [7, 11) is 0. The van der Waals surface area contributed by atoms with Crippen molar-refractivity contribution in [2.75, 3.05) is 13.1 Å². The van der Waals surface area contributed by atoms with Crippen LogP contribution in [-0.4, -0.2) is 30.1 Å². The Bertz CT molecular complexity index is 582. The molecule has 0 aliphatic carbocycles. The van der Waals surface area contributed by atoms with Crippen molar-refractivity contribution in [1.82, 2.24) is 4.90 Å². The minimum absolute atomic E-state index is 0.00602. The first-order chi connectivity index (χ1) is 10.5. The van der Waals surface area contributed by atoms with E-state index in [1.54, 1.807) is 22.6 Å². The minimum atomic E-state index is -5.00. The largest absolute Gasteiger partial charge is 0.471 e. The highest BCUT2D eigenvalue weighted by molar-refractivity contribution is 14.1. The first-order valence-corrected chi connectivity index (χ1v) is 7.37. The second-order valence-corrected chi connectivity index (χ2v) is 5.75. The molecule has 0 aromatic heterocycles. The molecule has 0 spiro atoms. The van der Waals surface area contributed by atoms with E-state index in [0.717, 1.165) is 18.2 Å². The number of alkyl halides is 6. The summed E-state index contributed by atoms with van der Waals surface area (Å²) < 4.78 is 75.3. The van der Waals surface area contributed by atoms with Gasteiger partial charge in [0.05, 0.1) is 5.56 Å². The predicted molar refractivity (Wildman–Crippen MR) is 80.7 cm³/mol. The zero-order valence-electron chi connectivity index (χ0n) is 11.6. The van der Waals surface area contributed by atoms with Crippen LogP contribution in [0.2, 0.25) is 0 Å². The summed E-state index contributed by atoms with van der Waals surface area (Å²) in [5.74, 6) is -2.00. The van der Waals surface area contributed by atoms with Crippen molar-refractivity contribution >= 4 is 28.5 Å². The molecular weight excluding hydrogens is 439 g/mol. The third-order valence-electron chi connectivity index (χ3n) is 2.91. The van der Waals surface area contributed by atoms with Gasteiger partial charge in [0.2, 0.25) is 0 Å². The number of amides is 1. The van der Waals surface area contributed by atoms with Gasteiger partial charge in [-0.1, -0.05) is 12.1 Å². The molecule has 0 aliphatic rings. The molecule has 0 aliphatic heterocycles. The Labute approximate surface area is 142 Å². The van der Waals surface area contributed by atoms with Gasteiger partial charge in [-0.2, -0.15) is 26.3 Å². The number of carbonyl (C=O) groups excluding carboxylic acids is 1. The van der Waals surface area contributed by atoms with Crippen LogP contribution in [0.25, 0.3) is 0 Å². The highest BCUT2D eigenvalue weighted by Crippen LogP contribution is 2.31. The molecule has 0 N–H and O–H groups in total. The van der Waals surface area contributed by atoms with E-state index in [0.29, 0.717) is 10.5 Å². The summed E-state index contributed by atoms with van der Waals surface area (Å²) >= 11 is 1.68. The van der Waals surface area contributed by atoms with Crippen LogP contribution < -0.4 is 0 Å². The number of carbonyl (C=O) groups is 1. The lowest BCUT2D eigenvalue weighted by atomic mass is 10.1. The van der Waals surface area contributed by atoms with Crippen molar-refractivity contribution in [3.63, 3.8) is 0 Å². The molecule has 2 nitrogen and oxygen atoms in total. The topological polar surface area (TPSA) is 20.3 Å². The Morgan fingerprint density at radius 1 is 1.22 bits per heavy atom. The molecule has 1 rings (SSSR count). The molecule has 9 heteroatoms. The fourth-order valence-corrected chi connectivity index (χ4v) is 2.58. The lowest BCUT2D eigenvalue weighted by Gasteiger charge is -2.22. The average molecular weight is 451 g/mol. The highest BCUT2D eigenvalue weighted by atomic mass is 127. The van der Waals surface area contributed by atoms with Gasteiger partial charge < -0.3 is 4.90 Å². The Hall–Kier alpha value is -1.26. The molecule has 0 radical (unpaired) electrons. The van der Waals surface area contributed by atoms with E-state index in [1.165, 1.54) is 6.07 Å². The van der Waals surface area contributed by atoms with Gasteiger partial charge in [-0.25, -0.2) is 0 Å². The number of hydrogen-bond donors (Lipinski definition) is 0. The van der Waals surface area contributed by atoms with Crippen LogP contribution in [0.5, 0.6) is 0 Å². The molecule has 0 saturated carbocycles. The zero-order chi connectivity index (χ0) is 17.8. The van der Waals surface area contributed by atoms with Gasteiger partial charge in [0, 0.05) is 16.7 Å². The maximum atomic E-state index is 12.6. The van der Waals surface area contributed by atoms with Gasteiger partial charge in [0.25, 0.3) is 0 Å². The molecule has 0 saturated heterocycles. The van der Waals surface area contributed by atoms with Crippen LogP contribution in [-0.2, 0) is 17.4 Å². The van der Waals surface area contributed by atoms with E-state index in [2.05, 4.69) is 6.58 Å². The molecule has 23 heavy (non-hydrogen) atoms.